The van der Waals surface area contributed by atoms with Crippen molar-refractivity contribution in [2.45, 2.75) is 13.5 Å². The largest absolute Gasteiger partial charge is 0.365 e. The molecule has 0 unspecified atom stereocenters. The van der Waals surface area contributed by atoms with Crippen LogP contribution in [-0.2, 0) is 6.54 Å². The second kappa shape index (κ2) is 11.5. The molecule has 37 heavy (non-hydrogen) atoms. The van der Waals surface area contributed by atoms with Gasteiger partial charge in [0.1, 0.15) is 5.82 Å². The van der Waals surface area contributed by atoms with Gasteiger partial charge >= 0.3 is 0 Å². The van der Waals surface area contributed by atoms with Crippen molar-refractivity contribution in [3.8, 4) is 11.1 Å². The lowest BCUT2D eigenvalue weighted by molar-refractivity contribution is 1.07. The predicted molar refractivity (Wildman–Crippen MR) is 149 cm³/mol. The lowest BCUT2D eigenvalue weighted by Gasteiger charge is -2.17. The van der Waals surface area contributed by atoms with Gasteiger partial charge in [0, 0.05) is 42.6 Å². The van der Waals surface area contributed by atoms with Gasteiger partial charge in [0.05, 0.1) is 11.3 Å². The summed E-state index contributed by atoms with van der Waals surface area (Å²) in [7, 11) is 0. The Morgan fingerprint density at radius 1 is 0.730 bits per heavy atom. The summed E-state index contributed by atoms with van der Waals surface area (Å²) in [4.78, 5) is 17.9. The lowest BCUT2D eigenvalue weighted by atomic mass is 10.1. The Balaban J connectivity index is 1.58. The van der Waals surface area contributed by atoms with E-state index in [0.29, 0.717) is 24.1 Å². The molecule has 2 aromatic carbocycles. The zero-order valence-electron chi connectivity index (χ0n) is 20.3. The van der Waals surface area contributed by atoms with Gasteiger partial charge in [-0.25, -0.2) is 0 Å². The first-order valence-corrected chi connectivity index (χ1v) is 11.9. The van der Waals surface area contributed by atoms with Crippen LogP contribution in [0.5, 0.6) is 0 Å². The summed E-state index contributed by atoms with van der Waals surface area (Å²) in [6, 6.07) is 27.7. The molecule has 0 saturated heterocycles. The van der Waals surface area contributed by atoms with E-state index in [1.54, 1.807) is 24.8 Å². The molecule has 3 heterocycles. The van der Waals surface area contributed by atoms with E-state index in [1.165, 1.54) is 0 Å². The first-order chi connectivity index (χ1) is 18.3. The number of hydrazone groups is 1. The Morgan fingerprint density at radius 3 is 2.05 bits per heavy atom. The molecule has 0 spiro atoms. The van der Waals surface area contributed by atoms with Crippen LogP contribution in [0.1, 0.15) is 18.1 Å². The minimum Gasteiger partial charge on any atom is -0.365 e. The van der Waals surface area contributed by atoms with Crippen LogP contribution in [-0.4, -0.2) is 25.6 Å². The summed E-state index contributed by atoms with van der Waals surface area (Å²) in [5.74, 6) is 1.70. The Labute approximate surface area is 215 Å². The summed E-state index contributed by atoms with van der Waals surface area (Å²) in [5, 5.41) is 11.5. The molecule has 0 saturated carbocycles. The molecule has 5 rings (SSSR count). The predicted octanol–water partition coefficient (Wildman–Crippen LogP) is 6.13. The Kier molecular flexibility index (Phi) is 7.37. The fourth-order valence-corrected chi connectivity index (χ4v) is 3.74. The molecule has 182 valence electrons. The molecule has 8 heteroatoms. The van der Waals surface area contributed by atoms with Gasteiger partial charge in [-0.2, -0.15) is 15.1 Å². The van der Waals surface area contributed by atoms with E-state index in [2.05, 4.69) is 31.1 Å². The second-order valence-electron chi connectivity index (χ2n) is 8.23. The van der Waals surface area contributed by atoms with Crippen molar-refractivity contribution >= 4 is 29.0 Å². The second-order valence-corrected chi connectivity index (χ2v) is 8.23. The van der Waals surface area contributed by atoms with E-state index in [0.717, 1.165) is 33.7 Å². The standard InChI is InChI=1S/C29H26N8/c1-21(23-14-18-31-19-15-23)36-37-28-26(24-8-4-2-5-9-24)27(32-20-22-12-16-30-17-13-22)34-29(35-28)33-25-10-6-3-7-11-25/h2-19H,20H2,1H3,(H3,32,33,34,35,37). The SMILES string of the molecule is CC(=NNc1nc(Nc2ccccc2)nc(NCc2ccncc2)c1-c1ccccc1)c1ccncc1. The van der Waals surface area contributed by atoms with Crippen LogP contribution in [0.2, 0.25) is 0 Å². The quantitative estimate of drug-likeness (QED) is 0.170. The van der Waals surface area contributed by atoms with E-state index in [4.69, 9.17) is 9.97 Å². The van der Waals surface area contributed by atoms with Crippen molar-refractivity contribution in [1.82, 2.24) is 19.9 Å². The van der Waals surface area contributed by atoms with Gasteiger partial charge in [0.25, 0.3) is 0 Å². The Bertz CT molecular complexity index is 1460. The topological polar surface area (TPSA) is 100 Å². The molecular formula is C29H26N8. The first kappa shape index (κ1) is 23.6. The van der Waals surface area contributed by atoms with Crippen LogP contribution < -0.4 is 16.1 Å². The molecular weight excluding hydrogens is 460 g/mol. The van der Waals surface area contributed by atoms with E-state index < -0.39 is 0 Å². The monoisotopic (exact) mass is 486 g/mol. The average Bonchev–Trinajstić information content (AvgIpc) is 2.96. The van der Waals surface area contributed by atoms with Crippen LogP contribution in [0, 0.1) is 0 Å². The van der Waals surface area contributed by atoms with Crippen molar-refractivity contribution < 1.29 is 0 Å². The molecule has 0 aliphatic rings. The number of nitrogens with zero attached hydrogens (tertiary/aromatic N) is 5. The number of aromatic nitrogens is 4. The van der Waals surface area contributed by atoms with Crippen molar-refractivity contribution in [1.29, 1.82) is 0 Å². The molecule has 5 aromatic rings. The number of rotatable bonds is 9. The zero-order valence-corrected chi connectivity index (χ0v) is 20.3. The maximum Gasteiger partial charge on any atom is 0.231 e. The number of anilines is 4. The summed E-state index contributed by atoms with van der Waals surface area (Å²) >= 11 is 0. The van der Waals surface area contributed by atoms with Crippen molar-refractivity contribution in [2.24, 2.45) is 5.10 Å². The lowest BCUT2D eigenvalue weighted by Crippen LogP contribution is -2.10. The van der Waals surface area contributed by atoms with Gasteiger partial charge in [0.2, 0.25) is 5.95 Å². The highest BCUT2D eigenvalue weighted by molar-refractivity contribution is 5.99. The first-order valence-electron chi connectivity index (χ1n) is 11.9. The van der Waals surface area contributed by atoms with Crippen LogP contribution >= 0.6 is 0 Å². The average molecular weight is 487 g/mol. The van der Waals surface area contributed by atoms with Gasteiger partial charge in [-0.05, 0) is 54.4 Å². The third kappa shape index (κ3) is 6.12. The normalized spacial score (nSPS) is 11.1. The van der Waals surface area contributed by atoms with E-state index in [-0.39, 0.29) is 0 Å². The summed E-state index contributed by atoms with van der Waals surface area (Å²) in [5.41, 5.74) is 8.74. The molecule has 3 aromatic heterocycles. The van der Waals surface area contributed by atoms with Gasteiger partial charge in [-0.1, -0.05) is 48.5 Å². The molecule has 0 aliphatic carbocycles. The molecule has 0 atom stereocenters. The molecule has 0 fully saturated rings. The highest BCUT2D eigenvalue weighted by atomic mass is 15.3. The third-order valence-corrected chi connectivity index (χ3v) is 5.64. The summed E-state index contributed by atoms with van der Waals surface area (Å²) < 4.78 is 0. The smallest absolute Gasteiger partial charge is 0.231 e. The van der Waals surface area contributed by atoms with Crippen molar-refractivity contribution in [3.63, 3.8) is 0 Å². The maximum atomic E-state index is 4.86. The van der Waals surface area contributed by atoms with E-state index in [9.17, 15) is 0 Å². The molecule has 0 radical (unpaired) electrons. The number of pyridine rings is 2. The van der Waals surface area contributed by atoms with Crippen LogP contribution in [0.15, 0.2) is 115 Å². The molecule has 3 N–H and O–H groups in total. The van der Waals surface area contributed by atoms with Gasteiger partial charge in [-0.3, -0.25) is 15.4 Å². The number of benzene rings is 2. The number of hydrogen-bond donors (Lipinski definition) is 3. The molecule has 0 bridgehead atoms. The number of hydrogen-bond acceptors (Lipinski definition) is 8. The molecule has 0 aliphatic heterocycles. The zero-order chi connectivity index (χ0) is 25.3. The van der Waals surface area contributed by atoms with Crippen LogP contribution in [0.25, 0.3) is 11.1 Å². The summed E-state index contributed by atoms with van der Waals surface area (Å²) in [6.07, 6.45) is 7.05. The van der Waals surface area contributed by atoms with Gasteiger partial charge in [-0.15, -0.1) is 0 Å². The fraction of sp³-hybridized carbons (Fsp3) is 0.0690. The molecule has 8 nitrogen and oxygen atoms in total. The van der Waals surface area contributed by atoms with E-state index in [1.807, 2.05) is 91.9 Å². The van der Waals surface area contributed by atoms with Crippen molar-refractivity contribution in [3.05, 3.63) is 121 Å². The minimum atomic E-state index is 0.447. The fourth-order valence-electron chi connectivity index (χ4n) is 3.74. The highest BCUT2D eigenvalue weighted by Crippen LogP contribution is 2.35. The highest BCUT2D eigenvalue weighted by Gasteiger charge is 2.17. The van der Waals surface area contributed by atoms with Crippen LogP contribution in [0.3, 0.4) is 0 Å². The van der Waals surface area contributed by atoms with Gasteiger partial charge in [0.15, 0.2) is 5.82 Å². The Morgan fingerprint density at radius 2 is 1.35 bits per heavy atom. The number of para-hydroxylation sites is 1. The van der Waals surface area contributed by atoms with E-state index >= 15 is 0 Å². The van der Waals surface area contributed by atoms with Crippen LogP contribution in [0.4, 0.5) is 23.3 Å². The number of nitrogens with one attached hydrogen (secondary N) is 3. The minimum absolute atomic E-state index is 0.447. The third-order valence-electron chi connectivity index (χ3n) is 5.64. The summed E-state index contributed by atoms with van der Waals surface area (Å²) in [6.45, 7) is 2.51. The Hall–Kier alpha value is -5.11. The van der Waals surface area contributed by atoms with Crippen molar-refractivity contribution in [2.75, 3.05) is 16.1 Å². The maximum absolute atomic E-state index is 4.86. The molecule has 0 amide bonds. The van der Waals surface area contributed by atoms with Gasteiger partial charge < -0.3 is 10.6 Å².